The molecule has 3 heteroatoms. The van der Waals surface area contributed by atoms with Crippen LogP contribution in [0.3, 0.4) is 0 Å². The fraction of sp³-hybridized carbons (Fsp3) is 0.846. The van der Waals surface area contributed by atoms with E-state index >= 15 is 0 Å². The Labute approximate surface area is 99.8 Å². The molecular formula is C13H28O3. The lowest BCUT2D eigenvalue weighted by molar-refractivity contribution is 0.00304. The Morgan fingerprint density at radius 1 is 0.875 bits per heavy atom. The van der Waals surface area contributed by atoms with E-state index in [-0.39, 0.29) is 19.8 Å². The first-order valence-electron chi connectivity index (χ1n) is 5.88. The molecule has 0 fully saturated rings. The van der Waals surface area contributed by atoms with E-state index in [2.05, 4.69) is 27.7 Å². The fourth-order valence-corrected chi connectivity index (χ4v) is 0.839. The van der Waals surface area contributed by atoms with Crippen LogP contribution in [0.25, 0.3) is 0 Å². The highest BCUT2D eigenvalue weighted by Crippen LogP contribution is 2.18. The van der Waals surface area contributed by atoms with E-state index in [1.165, 1.54) is 17.6 Å². The molecule has 3 N–H and O–H groups in total. The normalized spacial score (nSPS) is 10.5. The second-order valence-electron chi connectivity index (χ2n) is 4.46. The van der Waals surface area contributed by atoms with Crippen molar-refractivity contribution in [2.75, 3.05) is 19.8 Å². The van der Waals surface area contributed by atoms with Gasteiger partial charge < -0.3 is 15.3 Å². The van der Waals surface area contributed by atoms with Gasteiger partial charge in [0.05, 0.1) is 19.8 Å². The Hall–Kier alpha value is -0.380. The minimum atomic E-state index is -0.667. The molecule has 98 valence electrons. The van der Waals surface area contributed by atoms with E-state index in [0.717, 1.165) is 0 Å². The molecule has 16 heavy (non-hydrogen) atoms. The topological polar surface area (TPSA) is 60.7 Å². The molecule has 0 unspecified atom stereocenters. The summed E-state index contributed by atoms with van der Waals surface area (Å²) in [6.07, 6.45) is 1.79. The Bertz CT molecular complexity index is 172. The van der Waals surface area contributed by atoms with Crippen molar-refractivity contribution in [1.29, 1.82) is 0 Å². The van der Waals surface area contributed by atoms with Crippen LogP contribution in [0.5, 0.6) is 0 Å². The molecule has 0 saturated carbocycles. The Morgan fingerprint density at radius 2 is 1.25 bits per heavy atom. The van der Waals surface area contributed by atoms with Gasteiger partial charge in [-0.15, -0.1) is 0 Å². The molecule has 0 aromatic heterocycles. The first-order valence-corrected chi connectivity index (χ1v) is 5.88. The summed E-state index contributed by atoms with van der Waals surface area (Å²) in [6.45, 7) is 10.0. The van der Waals surface area contributed by atoms with Gasteiger partial charge in [-0.1, -0.05) is 25.0 Å². The van der Waals surface area contributed by atoms with Crippen molar-refractivity contribution in [2.45, 2.75) is 47.5 Å². The molecule has 0 amide bonds. The van der Waals surface area contributed by atoms with Crippen molar-refractivity contribution in [3.8, 4) is 0 Å². The zero-order valence-corrected chi connectivity index (χ0v) is 11.4. The molecule has 0 aromatic rings. The maximum atomic E-state index is 8.66. The maximum absolute atomic E-state index is 8.66. The van der Waals surface area contributed by atoms with Gasteiger partial charge >= 0.3 is 0 Å². The SMILES string of the molecule is CCC(C)=C(C)C.CCC(CO)(CO)CO. The first kappa shape index (κ1) is 18.0. The van der Waals surface area contributed by atoms with Gasteiger partial charge in [0.15, 0.2) is 0 Å². The molecule has 0 aliphatic carbocycles. The summed E-state index contributed by atoms with van der Waals surface area (Å²) in [4.78, 5) is 0. The Kier molecular flexibility index (Phi) is 11.0. The summed E-state index contributed by atoms with van der Waals surface area (Å²) in [5.74, 6) is 0. The number of aliphatic hydroxyl groups is 3. The number of hydrogen-bond acceptors (Lipinski definition) is 3. The Balaban J connectivity index is 0. The zero-order chi connectivity index (χ0) is 13.2. The van der Waals surface area contributed by atoms with Crippen molar-refractivity contribution >= 4 is 0 Å². The summed E-state index contributed by atoms with van der Waals surface area (Å²) in [6, 6.07) is 0. The fourth-order valence-electron chi connectivity index (χ4n) is 0.839. The van der Waals surface area contributed by atoms with Gasteiger partial charge in [0.2, 0.25) is 0 Å². The lowest BCUT2D eigenvalue weighted by Crippen LogP contribution is -2.32. The maximum Gasteiger partial charge on any atom is 0.0531 e. The molecule has 0 rings (SSSR count). The van der Waals surface area contributed by atoms with Crippen molar-refractivity contribution in [1.82, 2.24) is 0 Å². The smallest absolute Gasteiger partial charge is 0.0531 e. The second kappa shape index (κ2) is 9.82. The molecular weight excluding hydrogens is 204 g/mol. The molecule has 0 saturated heterocycles. The summed E-state index contributed by atoms with van der Waals surface area (Å²) < 4.78 is 0. The van der Waals surface area contributed by atoms with Crippen molar-refractivity contribution < 1.29 is 15.3 Å². The number of allylic oxidation sites excluding steroid dienone is 2. The van der Waals surface area contributed by atoms with E-state index in [0.29, 0.717) is 6.42 Å². The van der Waals surface area contributed by atoms with Gasteiger partial charge in [0.25, 0.3) is 0 Å². The molecule has 0 spiro atoms. The standard InChI is InChI=1S/C7H14.C6H14O3/c1-5-7(4)6(2)3;1-2-6(3-7,4-8)5-9/h5H2,1-4H3;7-9H,2-5H2,1H3. The molecule has 3 nitrogen and oxygen atoms in total. The van der Waals surface area contributed by atoms with E-state index in [1.54, 1.807) is 0 Å². The van der Waals surface area contributed by atoms with Crippen LogP contribution in [-0.2, 0) is 0 Å². The van der Waals surface area contributed by atoms with Gasteiger partial charge in [-0.25, -0.2) is 0 Å². The van der Waals surface area contributed by atoms with Gasteiger partial charge in [-0.05, 0) is 33.6 Å². The quantitative estimate of drug-likeness (QED) is 0.636. The zero-order valence-electron chi connectivity index (χ0n) is 11.4. The predicted octanol–water partition coefficient (Wildman–Crippen LogP) is 2.11. The molecule has 0 bridgehead atoms. The molecule has 0 aliphatic heterocycles. The van der Waals surface area contributed by atoms with Crippen LogP contribution in [0.2, 0.25) is 0 Å². The average Bonchev–Trinajstić information content (AvgIpc) is 2.32. The minimum absolute atomic E-state index is 0.156. The van der Waals surface area contributed by atoms with Gasteiger partial charge in [0, 0.05) is 5.41 Å². The second-order valence-corrected chi connectivity index (χ2v) is 4.46. The lowest BCUT2D eigenvalue weighted by atomic mass is 9.88. The number of hydrogen-bond donors (Lipinski definition) is 3. The number of rotatable bonds is 5. The van der Waals surface area contributed by atoms with Gasteiger partial charge in [-0.2, -0.15) is 0 Å². The van der Waals surface area contributed by atoms with E-state index in [9.17, 15) is 0 Å². The molecule has 0 radical (unpaired) electrons. The van der Waals surface area contributed by atoms with Crippen LogP contribution >= 0.6 is 0 Å². The minimum Gasteiger partial charge on any atom is -0.396 e. The number of aliphatic hydroxyl groups excluding tert-OH is 3. The van der Waals surface area contributed by atoms with Crippen molar-refractivity contribution in [3.63, 3.8) is 0 Å². The van der Waals surface area contributed by atoms with Crippen LogP contribution in [0, 0.1) is 5.41 Å². The van der Waals surface area contributed by atoms with E-state index in [4.69, 9.17) is 15.3 Å². The highest BCUT2D eigenvalue weighted by Gasteiger charge is 2.24. The first-order chi connectivity index (χ1) is 7.42. The lowest BCUT2D eigenvalue weighted by Gasteiger charge is -2.24. The monoisotopic (exact) mass is 232 g/mol. The van der Waals surface area contributed by atoms with Crippen LogP contribution in [-0.4, -0.2) is 35.1 Å². The summed E-state index contributed by atoms with van der Waals surface area (Å²) in [7, 11) is 0. The molecule has 0 heterocycles. The third-order valence-electron chi connectivity index (χ3n) is 3.14. The van der Waals surface area contributed by atoms with E-state index in [1.807, 2.05) is 6.92 Å². The van der Waals surface area contributed by atoms with Crippen molar-refractivity contribution in [3.05, 3.63) is 11.1 Å². The molecule has 0 aromatic carbocycles. The van der Waals surface area contributed by atoms with Crippen LogP contribution < -0.4 is 0 Å². The average molecular weight is 232 g/mol. The van der Waals surface area contributed by atoms with Gasteiger partial charge in [-0.3, -0.25) is 0 Å². The van der Waals surface area contributed by atoms with Crippen LogP contribution in [0.15, 0.2) is 11.1 Å². The summed E-state index contributed by atoms with van der Waals surface area (Å²) in [5, 5.41) is 26.0. The molecule has 0 aliphatic rings. The summed E-state index contributed by atoms with van der Waals surface area (Å²) >= 11 is 0. The third-order valence-corrected chi connectivity index (χ3v) is 3.14. The van der Waals surface area contributed by atoms with E-state index < -0.39 is 5.41 Å². The highest BCUT2D eigenvalue weighted by atomic mass is 16.3. The van der Waals surface area contributed by atoms with Gasteiger partial charge in [0.1, 0.15) is 0 Å². The largest absolute Gasteiger partial charge is 0.396 e. The van der Waals surface area contributed by atoms with Crippen molar-refractivity contribution in [2.24, 2.45) is 5.41 Å². The molecule has 0 atom stereocenters. The Morgan fingerprint density at radius 3 is 1.25 bits per heavy atom. The highest BCUT2D eigenvalue weighted by molar-refractivity contribution is 5.05. The van der Waals surface area contributed by atoms with Crippen LogP contribution in [0.1, 0.15) is 47.5 Å². The summed E-state index contributed by atoms with van der Waals surface area (Å²) in [5.41, 5.74) is 2.31. The van der Waals surface area contributed by atoms with Crippen LogP contribution in [0.4, 0.5) is 0 Å². The predicted molar refractivity (Wildman–Crippen MR) is 68.3 cm³/mol. The third kappa shape index (κ3) is 6.99.